The molecule has 2 heterocycles. The molecule has 0 saturated heterocycles. The Bertz CT molecular complexity index is 490. The van der Waals surface area contributed by atoms with Crippen LogP contribution >= 0.6 is 15.9 Å². The van der Waals surface area contributed by atoms with E-state index in [0.29, 0.717) is 12.2 Å². The average molecular weight is 285 g/mol. The first-order valence-electron chi connectivity index (χ1n) is 4.98. The minimum absolute atomic E-state index is 0.490. The minimum atomic E-state index is -0.654. The van der Waals surface area contributed by atoms with Crippen LogP contribution in [0.1, 0.15) is 23.3 Å². The van der Waals surface area contributed by atoms with Gasteiger partial charge in [0.25, 0.3) is 0 Å². The lowest BCUT2D eigenvalue weighted by molar-refractivity contribution is 0.147. The average Bonchev–Trinajstić information content (AvgIpc) is 2.74. The van der Waals surface area contributed by atoms with Gasteiger partial charge in [-0.2, -0.15) is 5.10 Å². The van der Waals surface area contributed by atoms with Gasteiger partial charge in [-0.05, 0) is 35.0 Å². The maximum Gasteiger partial charge on any atom is 0.146 e. The van der Waals surface area contributed by atoms with Gasteiger partial charge in [-0.25, -0.2) is 0 Å². The Morgan fingerprint density at radius 1 is 1.62 bits per heavy atom. The molecular formula is C11H13BrN2O2. The molecule has 2 rings (SSSR count). The molecule has 0 aromatic carbocycles. The van der Waals surface area contributed by atoms with Gasteiger partial charge in [0.15, 0.2) is 0 Å². The first-order chi connectivity index (χ1) is 7.58. The Labute approximate surface area is 102 Å². The zero-order chi connectivity index (χ0) is 11.7. The maximum absolute atomic E-state index is 10.0. The van der Waals surface area contributed by atoms with Gasteiger partial charge in [-0.1, -0.05) is 0 Å². The van der Waals surface area contributed by atoms with Crippen molar-refractivity contribution in [3.63, 3.8) is 0 Å². The molecule has 2 aromatic rings. The summed E-state index contributed by atoms with van der Waals surface area (Å²) in [4.78, 5) is 0. The predicted molar refractivity (Wildman–Crippen MR) is 63.0 cm³/mol. The van der Waals surface area contributed by atoms with Gasteiger partial charge in [0.2, 0.25) is 0 Å². The van der Waals surface area contributed by atoms with Crippen LogP contribution in [0.25, 0.3) is 0 Å². The highest BCUT2D eigenvalue weighted by molar-refractivity contribution is 9.10. The van der Waals surface area contributed by atoms with Gasteiger partial charge in [0, 0.05) is 19.2 Å². The van der Waals surface area contributed by atoms with Gasteiger partial charge < -0.3 is 9.52 Å². The molecule has 1 unspecified atom stereocenters. The molecule has 1 atom stereocenters. The monoisotopic (exact) mass is 284 g/mol. The largest absolute Gasteiger partial charge is 0.465 e. The molecule has 0 aliphatic carbocycles. The summed E-state index contributed by atoms with van der Waals surface area (Å²) in [7, 11) is 1.87. The number of aliphatic hydroxyl groups excluding tert-OH is 1. The second-order valence-electron chi connectivity index (χ2n) is 3.75. The predicted octanol–water partition coefficient (Wildman–Crippen LogP) is 2.36. The van der Waals surface area contributed by atoms with Crippen molar-refractivity contribution in [1.29, 1.82) is 0 Å². The van der Waals surface area contributed by atoms with Crippen molar-refractivity contribution in [2.24, 2.45) is 7.05 Å². The molecule has 0 spiro atoms. The van der Waals surface area contributed by atoms with Crippen molar-refractivity contribution < 1.29 is 9.52 Å². The maximum atomic E-state index is 10.0. The van der Waals surface area contributed by atoms with E-state index < -0.39 is 6.10 Å². The lowest BCUT2D eigenvalue weighted by Gasteiger charge is -2.08. The molecule has 0 fully saturated rings. The molecule has 0 radical (unpaired) electrons. The summed E-state index contributed by atoms with van der Waals surface area (Å²) in [5.74, 6) is 0.554. The van der Waals surface area contributed by atoms with Crippen molar-refractivity contribution in [2.45, 2.75) is 19.4 Å². The van der Waals surface area contributed by atoms with Crippen LogP contribution in [0.4, 0.5) is 0 Å². The molecule has 16 heavy (non-hydrogen) atoms. The number of hydrogen-bond donors (Lipinski definition) is 1. The summed E-state index contributed by atoms with van der Waals surface area (Å²) in [6.07, 6.45) is 1.39. The van der Waals surface area contributed by atoms with E-state index >= 15 is 0 Å². The van der Waals surface area contributed by atoms with E-state index in [1.165, 1.54) is 0 Å². The number of nitrogens with zero attached hydrogens (tertiary/aromatic N) is 2. The first-order valence-corrected chi connectivity index (χ1v) is 5.77. The van der Waals surface area contributed by atoms with Crippen LogP contribution in [0.15, 0.2) is 27.3 Å². The SMILES string of the molecule is Cc1cc(CC(O)c2occc2Br)n(C)n1. The van der Waals surface area contributed by atoms with Gasteiger partial charge >= 0.3 is 0 Å². The number of furan rings is 1. The Balaban J connectivity index is 2.16. The number of hydrogen-bond acceptors (Lipinski definition) is 3. The third-order valence-electron chi connectivity index (χ3n) is 2.45. The van der Waals surface area contributed by atoms with E-state index in [-0.39, 0.29) is 0 Å². The molecule has 0 aliphatic heterocycles. The van der Waals surface area contributed by atoms with E-state index in [1.807, 2.05) is 20.0 Å². The van der Waals surface area contributed by atoms with Crippen molar-refractivity contribution in [1.82, 2.24) is 9.78 Å². The zero-order valence-electron chi connectivity index (χ0n) is 9.14. The van der Waals surface area contributed by atoms with Gasteiger partial charge in [-0.15, -0.1) is 0 Å². The summed E-state index contributed by atoms with van der Waals surface area (Å²) in [5.41, 5.74) is 1.93. The van der Waals surface area contributed by atoms with Crippen LogP contribution in [-0.4, -0.2) is 14.9 Å². The first kappa shape index (κ1) is 11.4. The van der Waals surface area contributed by atoms with Crippen molar-refractivity contribution >= 4 is 15.9 Å². The van der Waals surface area contributed by atoms with Crippen molar-refractivity contribution in [3.8, 4) is 0 Å². The number of halogens is 1. The Morgan fingerprint density at radius 3 is 2.88 bits per heavy atom. The fourth-order valence-corrected chi connectivity index (χ4v) is 2.15. The Kier molecular flexibility index (Phi) is 3.16. The third-order valence-corrected chi connectivity index (χ3v) is 3.10. The zero-order valence-corrected chi connectivity index (χ0v) is 10.7. The van der Waals surface area contributed by atoms with Crippen molar-refractivity contribution in [3.05, 3.63) is 40.0 Å². The van der Waals surface area contributed by atoms with Crippen LogP contribution < -0.4 is 0 Å². The van der Waals surface area contributed by atoms with E-state index in [2.05, 4.69) is 21.0 Å². The van der Waals surface area contributed by atoms with Crippen LogP contribution in [-0.2, 0) is 13.5 Å². The number of aromatic nitrogens is 2. The van der Waals surface area contributed by atoms with Crippen LogP contribution in [0.3, 0.4) is 0 Å². The van der Waals surface area contributed by atoms with Crippen LogP contribution in [0.2, 0.25) is 0 Å². The molecule has 0 bridgehead atoms. The Morgan fingerprint density at radius 2 is 2.38 bits per heavy atom. The number of aliphatic hydroxyl groups is 1. The second-order valence-corrected chi connectivity index (χ2v) is 4.61. The third kappa shape index (κ3) is 2.20. The van der Waals surface area contributed by atoms with Gasteiger partial charge in [-0.3, -0.25) is 4.68 Å². The fraction of sp³-hybridized carbons (Fsp3) is 0.364. The Hall–Kier alpha value is -1.07. The standard InChI is InChI=1S/C11H13BrN2O2/c1-7-5-8(14(2)13-7)6-10(15)11-9(12)3-4-16-11/h3-5,10,15H,6H2,1-2H3. The van der Waals surface area contributed by atoms with E-state index in [4.69, 9.17) is 4.42 Å². The molecule has 86 valence electrons. The summed E-state index contributed by atoms with van der Waals surface area (Å²) in [6, 6.07) is 3.73. The lowest BCUT2D eigenvalue weighted by Crippen LogP contribution is -2.06. The molecule has 1 N–H and O–H groups in total. The normalized spacial score (nSPS) is 13.0. The quantitative estimate of drug-likeness (QED) is 0.941. The summed E-state index contributed by atoms with van der Waals surface area (Å²) in [5, 5.41) is 14.2. The molecular weight excluding hydrogens is 272 g/mol. The summed E-state index contributed by atoms with van der Waals surface area (Å²) in [6.45, 7) is 1.93. The van der Waals surface area contributed by atoms with Crippen LogP contribution in [0, 0.1) is 6.92 Å². The molecule has 4 nitrogen and oxygen atoms in total. The van der Waals surface area contributed by atoms with E-state index in [1.54, 1.807) is 17.0 Å². The fourth-order valence-electron chi connectivity index (χ4n) is 1.69. The smallest absolute Gasteiger partial charge is 0.146 e. The highest BCUT2D eigenvalue weighted by Crippen LogP contribution is 2.26. The van der Waals surface area contributed by atoms with Gasteiger partial charge in [0.05, 0.1) is 16.4 Å². The topological polar surface area (TPSA) is 51.2 Å². The molecule has 5 heteroatoms. The molecule has 0 saturated carbocycles. The minimum Gasteiger partial charge on any atom is -0.465 e. The van der Waals surface area contributed by atoms with Gasteiger partial charge in [0.1, 0.15) is 11.9 Å². The number of rotatable bonds is 3. The highest BCUT2D eigenvalue weighted by Gasteiger charge is 2.17. The highest BCUT2D eigenvalue weighted by atomic mass is 79.9. The lowest BCUT2D eigenvalue weighted by atomic mass is 10.1. The van der Waals surface area contributed by atoms with E-state index in [9.17, 15) is 5.11 Å². The molecule has 0 amide bonds. The second kappa shape index (κ2) is 4.43. The van der Waals surface area contributed by atoms with Crippen LogP contribution in [0.5, 0.6) is 0 Å². The van der Waals surface area contributed by atoms with E-state index in [0.717, 1.165) is 15.9 Å². The number of aryl methyl sites for hydroxylation is 2. The molecule has 0 aliphatic rings. The molecule has 2 aromatic heterocycles. The summed E-state index contributed by atoms with van der Waals surface area (Å²) < 4.78 is 7.78. The summed E-state index contributed by atoms with van der Waals surface area (Å²) >= 11 is 3.33. The van der Waals surface area contributed by atoms with Crippen molar-refractivity contribution in [2.75, 3.05) is 0 Å².